The van der Waals surface area contributed by atoms with Gasteiger partial charge in [0.2, 0.25) is 0 Å². The van der Waals surface area contributed by atoms with Crippen molar-refractivity contribution in [3.63, 3.8) is 0 Å². The molecule has 0 fully saturated rings. The number of carbonyl (C=O) groups is 1. The van der Waals surface area contributed by atoms with E-state index < -0.39 is 0 Å². The summed E-state index contributed by atoms with van der Waals surface area (Å²) < 4.78 is 4.84. The fourth-order valence-corrected chi connectivity index (χ4v) is 1.98. The smallest absolute Gasteiger partial charge is 0.316 e. The molecule has 0 bridgehead atoms. The fourth-order valence-electron chi connectivity index (χ4n) is 1.35. The van der Waals surface area contributed by atoms with Crippen LogP contribution in [0.15, 0.2) is 35.5 Å². The molecule has 17 heavy (non-hydrogen) atoms. The van der Waals surface area contributed by atoms with Crippen molar-refractivity contribution in [1.29, 1.82) is 0 Å². The van der Waals surface area contributed by atoms with Crippen LogP contribution < -0.4 is 0 Å². The van der Waals surface area contributed by atoms with Crippen LogP contribution in [0.4, 0.5) is 0 Å². The van der Waals surface area contributed by atoms with Crippen molar-refractivity contribution in [1.82, 2.24) is 9.97 Å². The number of para-hydroxylation sites is 2. The van der Waals surface area contributed by atoms with Crippen molar-refractivity contribution in [3.8, 4) is 0 Å². The fraction of sp³-hybridized carbons (Fsp3) is 0.250. The van der Waals surface area contributed by atoms with Gasteiger partial charge < -0.3 is 4.74 Å². The van der Waals surface area contributed by atoms with E-state index in [0.717, 1.165) is 16.1 Å². The number of hydrogen-bond donors (Lipinski definition) is 0. The Kier molecular flexibility index (Phi) is 3.93. The topological polar surface area (TPSA) is 52.1 Å². The highest BCUT2D eigenvalue weighted by molar-refractivity contribution is 7.99. The van der Waals surface area contributed by atoms with E-state index >= 15 is 0 Å². The zero-order valence-corrected chi connectivity index (χ0v) is 10.2. The summed E-state index contributed by atoms with van der Waals surface area (Å²) in [6, 6.07) is 7.64. The van der Waals surface area contributed by atoms with Crippen molar-refractivity contribution in [2.45, 2.75) is 11.9 Å². The van der Waals surface area contributed by atoms with Crippen molar-refractivity contribution in [2.75, 3.05) is 12.4 Å². The lowest BCUT2D eigenvalue weighted by Crippen LogP contribution is -2.06. The van der Waals surface area contributed by atoms with Crippen LogP contribution in [-0.4, -0.2) is 28.3 Å². The van der Waals surface area contributed by atoms with E-state index in [4.69, 9.17) is 4.74 Å². The minimum Gasteiger partial charge on any atom is -0.465 e. The Bertz CT molecular complexity index is 531. The van der Waals surface area contributed by atoms with E-state index in [2.05, 4.69) is 9.97 Å². The molecule has 88 valence electrons. The molecule has 0 aliphatic rings. The largest absolute Gasteiger partial charge is 0.465 e. The maximum absolute atomic E-state index is 11.2. The predicted molar refractivity (Wildman–Crippen MR) is 66.9 cm³/mol. The standard InChI is InChI=1S/C12H12N2O2S/c1-2-16-12(15)8-17-11-7-13-9-5-3-4-6-10(9)14-11/h3-7H,2,8H2,1H3. The molecule has 1 heterocycles. The third-order valence-corrected chi connectivity index (χ3v) is 2.94. The summed E-state index contributed by atoms with van der Waals surface area (Å²) in [7, 11) is 0. The third kappa shape index (κ3) is 3.17. The quantitative estimate of drug-likeness (QED) is 0.613. The molecule has 0 amide bonds. The second-order valence-electron chi connectivity index (χ2n) is 3.29. The highest BCUT2D eigenvalue weighted by Crippen LogP contribution is 2.17. The number of benzene rings is 1. The Balaban J connectivity index is 2.06. The summed E-state index contributed by atoms with van der Waals surface area (Å²) in [5, 5.41) is 0.733. The second-order valence-corrected chi connectivity index (χ2v) is 4.29. The van der Waals surface area contributed by atoms with Crippen molar-refractivity contribution in [3.05, 3.63) is 30.5 Å². The molecule has 0 unspecified atom stereocenters. The van der Waals surface area contributed by atoms with Gasteiger partial charge in [-0.25, -0.2) is 4.98 Å². The number of esters is 1. The van der Waals surface area contributed by atoms with E-state index in [-0.39, 0.29) is 11.7 Å². The SMILES string of the molecule is CCOC(=O)CSc1cnc2ccccc2n1. The molecule has 0 aliphatic heterocycles. The molecule has 1 aromatic heterocycles. The van der Waals surface area contributed by atoms with E-state index in [0.29, 0.717) is 6.61 Å². The zero-order chi connectivity index (χ0) is 12.1. The third-order valence-electron chi connectivity index (χ3n) is 2.07. The Morgan fingerprint density at radius 2 is 2.12 bits per heavy atom. The van der Waals surface area contributed by atoms with Gasteiger partial charge >= 0.3 is 5.97 Å². The summed E-state index contributed by atoms with van der Waals surface area (Å²) in [5.74, 6) is 0.0355. The summed E-state index contributed by atoms with van der Waals surface area (Å²) in [4.78, 5) is 19.9. The van der Waals surface area contributed by atoms with Crippen LogP contribution in [0.2, 0.25) is 0 Å². The highest BCUT2D eigenvalue weighted by Gasteiger charge is 2.05. The summed E-state index contributed by atoms with van der Waals surface area (Å²) in [6.07, 6.45) is 1.67. The molecule has 2 rings (SSSR count). The molecule has 0 saturated heterocycles. The van der Waals surface area contributed by atoms with Gasteiger partial charge in [-0.2, -0.15) is 0 Å². The predicted octanol–water partition coefficient (Wildman–Crippen LogP) is 2.29. The van der Waals surface area contributed by atoms with Crippen LogP contribution in [-0.2, 0) is 9.53 Å². The first-order valence-corrected chi connectivity index (χ1v) is 6.28. The molecule has 0 saturated carbocycles. The number of carbonyl (C=O) groups excluding carboxylic acids is 1. The number of nitrogens with zero attached hydrogens (tertiary/aromatic N) is 2. The summed E-state index contributed by atoms with van der Waals surface area (Å²) >= 11 is 1.34. The van der Waals surface area contributed by atoms with Crippen LogP contribution in [0.5, 0.6) is 0 Å². The van der Waals surface area contributed by atoms with E-state index in [9.17, 15) is 4.79 Å². The Morgan fingerprint density at radius 1 is 1.35 bits per heavy atom. The first-order chi connectivity index (χ1) is 8.29. The Labute approximate surface area is 103 Å². The van der Waals surface area contributed by atoms with Crippen LogP contribution in [0.25, 0.3) is 11.0 Å². The van der Waals surface area contributed by atoms with Crippen molar-refractivity contribution in [2.24, 2.45) is 0 Å². The van der Waals surface area contributed by atoms with Gasteiger partial charge in [-0.15, -0.1) is 0 Å². The molecule has 0 aliphatic carbocycles. The minimum absolute atomic E-state index is 0.229. The lowest BCUT2D eigenvalue weighted by molar-refractivity contribution is -0.139. The van der Waals surface area contributed by atoms with Crippen LogP contribution in [0.3, 0.4) is 0 Å². The van der Waals surface area contributed by atoms with Gasteiger partial charge in [0.05, 0.1) is 29.6 Å². The second kappa shape index (κ2) is 5.63. The maximum Gasteiger partial charge on any atom is 0.316 e. The van der Waals surface area contributed by atoms with E-state index in [1.165, 1.54) is 11.8 Å². The zero-order valence-electron chi connectivity index (χ0n) is 9.42. The van der Waals surface area contributed by atoms with Crippen LogP contribution in [0, 0.1) is 0 Å². The monoisotopic (exact) mass is 248 g/mol. The molecule has 4 nitrogen and oxygen atoms in total. The molecular formula is C12H12N2O2S. The lowest BCUT2D eigenvalue weighted by Gasteiger charge is -2.02. The number of thioether (sulfide) groups is 1. The number of fused-ring (bicyclic) bond motifs is 1. The normalized spacial score (nSPS) is 10.4. The van der Waals surface area contributed by atoms with E-state index in [1.807, 2.05) is 24.3 Å². The Hall–Kier alpha value is -1.62. The average molecular weight is 248 g/mol. The van der Waals surface area contributed by atoms with Crippen LogP contribution in [0.1, 0.15) is 6.92 Å². The molecule has 2 aromatic rings. The number of hydrogen-bond acceptors (Lipinski definition) is 5. The lowest BCUT2D eigenvalue weighted by atomic mass is 10.3. The first kappa shape index (κ1) is 11.9. The average Bonchev–Trinajstić information content (AvgIpc) is 2.36. The van der Waals surface area contributed by atoms with Crippen molar-refractivity contribution < 1.29 is 9.53 Å². The van der Waals surface area contributed by atoms with Crippen LogP contribution >= 0.6 is 11.8 Å². The van der Waals surface area contributed by atoms with E-state index in [1.54, 1.807) is 13.1 Å². The Morgan fingerprint density at radius 3 is 2.88 bits per heavy atom. The van der Waals surface area contributed by atoms with Gasteiger partial charge in [0, 0.05) is 0 Å². The minimum atomic E-state index is -0.229. The molecule has 0 N–H and O–H groups in total. The van der Waals surface area contributed by atoms with Gasteiger partial charge in [0.25, 0.3) is 0 Å². The number of aromatic nitrogens is 2. The molecule has 0 radical (unpaired) electrons. The molecule has 5 heteroatoms. The number of rotatable bonds is 4. The molecular weight excluding hydrogens is 236 g/mol. The summed E-state index contributed by atoms with van der Waals surface area (Å²) in [6.45, 7) is 2.20. The molecule has 1 aromatic carbocycles. The van der Waals surface area contributed by atoms with Gasteiger partial charge in [0.15, 0.2) is 0 Å². The highest BCUT2D eigenvalue weighted by atomic mass is 32.2. The summed E-state index contributed by atoms with van der Waals surface area (Å²) in [5.41, 5.74) is 1.69. The van der Waals surface area contributed by atoms with Gasteiger partial charge in [0.1, 0.15) is 5.03 Å². The first-order valence-electron chi connectivity index (χ1n) is 5.30. The molecule has 0 spiro atoms. The number of ether oxygens (including phenoxy) is 1. The van der Waals surface area contributed by atoms with Gasteiger partial charge in [-0.3, -0.25) is 9.78 Å². The van der Waals surface area contributed by atoms with Gasteiger partial charge in [-0.05, 0) is 19.1 Å². The maximum atomic E-state index is 11.2. The molecule has 0 atom stereocenters. The van der Waals surface area contributed by atoms with Crippen molar-refractivity contribution >= 4 is 28.8 Å². The van der Waals surface area contributed by atoms with Gasteiger partial charge in [-0.1, -0.05) is 23.9 Å².